The minimum absolute atomic E-state index is 0.104. The number of carbonyl (C=O) groups excluding carboxylic acids is 2. The van der Waals surface area contributed by atoms with Crippen LogP contribution in [0.2, 0.25) is 0 Å². The number of sulfonamides is 1. The highest BCUT2D eigenvalue weighted by Gasteiger charge is 2.22. The van der Waals surface area contributed by atoms with E-state index >= 15 is 0 Å². The van der Waals surface area contributed by atoms with Crippen LogP contribution in [0.5, 0.6) is 0 Å². The van der Waals surface area contributed by atoms with Gasteiger partial charge < -0.3 is 10.6 Å². The molecule has 2 rings (SSSR count). The third-order valence-corrected chi connectivity index (χ3v) is 7.18. The maximum atomic E-state index is 12.5. The molecule has 1 fully saturated rings. The van der Waals surface area contributed by atoms with Crippen LogP contribution in [-0.4, -0.2) is 50.2 Å². The summed E-state index contributed by atoms with van der Waals surface area (Å²) in [6.45, 7) is 4.79. The molecule has 2 amide bonds. The highest BCUT2D eigenvalue weighted by Crippen LogP contribution is 2.17. The molecule has 1 aromatic carbocycles. The molecule has 0 spiro atoms. The zero-order valence-corrected chi connectivity index (χ0v) is 17.6. The van der Waals surface area contributed by atoms with Gasteiger partial charge in [0.1, 0.15) is 0 Å². The molecule has 156 valence electrons. The van der Waals surface area contributed by atoms with Crippen molar-refractivity contribution < 1.29 is 18.0 Å². The Morgan fingerprint density at radius 1 is 1.00 bits per heavy atom. The Hall–Kier alpha value is -1.93. The van der Waals surface area contributed by atoms with Crippen molar-refractivity contribution in [3.05, 3.63) is 29.8 Å². The van der Waals surface area contributed by atoms with Gasteiger partial charge >= 0.3 is 11.8 Å². The SMILES string of the molecule is CCN(CC)S(=O)(=O)c1ccc(CCNC(=O)C(=O)NC2CCCCC2)cc1. The first-order chi connectivity index (χ1) is 13.4. The highest BCUT2D eigenvalue weighted by atomic mass is 32.2. The van der Waals surface area contributed by atoms with Crippen LogP contribution < -0.4 is 10.6 Å². The van der Waals surface area contributed by atoms with Crippen molar-refractivity contribution in [1.82, 2.24) is 14.9 Å². The van der Waals surface area contributed by atoms with Gasteiger partial charge in [-0.25, -0.2) is 8.42 Å². The number of nitrogens with one attached hydrogen (secondary N) is 2. The number of hydrogen-bond donors (Lipinski definition) is 2. The first kappa shape index (κ1) is 22.4. The summed E-state index contributed by atoms with van der Waals surface area (Å²) in [5.41, 5.74) is 0.895. The van der Waals surface area contributed by atoms with Crippen molar-refractivity contribution in [1.29, 1.82) is 0 Å². The molecule has 0 radical (unpaired) electrons. The summed E-state index contributed by atoms with van der Waals surface area (Å²) >= 11 is 0. The van der Waals surface area contributed by atoms with Crippen molar-refractivity contribution in [3.8, 4) is 0 Å². The molecule has 0 saturated heterocycles. The van der Waals surface area contributed by atoms with E-state index in [1.807, 2.05) is 13.8 Å². The number of carbonyl (C=O) groups is 2. The summed E-state index contributed by atoms with van der Waals surface area (Å²) in [5, 5.41) is 5.42. The molecule has 0 bridgehead atoms. The molecule has 28 heavy (non-hydrogen) atoms. The maximum absolute atomic E-state index is 12.5. The van der Waals surface area contributed by atoms with Crippen molar-refractivity contribution in [2.24, 2.45) is 0 Å². The molecule has 0 aromatic heterocycles. The molecular formula is C20H31N3O4S. The molecule has 0 heterocycles. The summed E-state index contributed by atoms with van der Waals surface area (Å²) in [6.07, 6.45) is 5.75. The lowest BCUT2D eigenvalue weighted by molar-refractivity contribution is -0.139. The standard InChI is InChI=1S/C20H31N3O4S/c1-3-23(4-2)28(26,27)18-12-10-16(11-13-18)14-15-21-19(24)20(25)22-17-8-6-5-7-9-17/h10-13,17H,3-9,14-15H2,1-2H3,(H,21,24)(H,22,25). The van der Waals surface area contributed by atoms with E-state index in [1.54, 1.807) is 24.3 Å². The van der Waals surface area contributed by atoms with E-state index in [-0.39, 0.29) is 10.9 Å². The average molecular weight is 410 g/mol. The summed E-state index contributed by atoms with van der Waals surface area (Å²) in [4.78, 5) is 24.1. The van der Waals surface area contributed by atoms with Gasteiger partial charge in [-0.15, -0.1) is 0 Å². The van der Waals surface area contributed by atoms with E-state index in [1.165, 1.54) is 10.7 Å². The molecule has 1 aliphatic carbocycles. The third kappa shape index (κ3) is 6.04. The molecule has 0 aliphatic heterocycles. The summed E-state index contributed by atoms with van der Waals surface area (Å²) in [7, 11) is -3.47. The second kappa shape index (κ2) is 10.6. The van der Waals surface area contributed by atoms with Crippen molar-refractivity contribution in [2.45, 2.75) is 63.3 Å². The molecule has 7 nitrogen and oxygen atoms in total. The molecule has 1 aromatic rings. The minimum atomic E-state index is -3.47. The van der Waals surface area contributed by atoms with E-state index in [0.717, 1.165) is 31.2 Å². The van der Waals surface area contributed by atoms with E-state index in [9.17, 15) is 18.0 Å². The quantitative estimate of drug-likeness (QED) is 0.640. The highest BCUT2D eigenvalue weighted by molar-refractivity contribution is 7.89. The molecule has 8 heteroatoms. The maximum Gasteiger partial charge on any atom is 0.309 e. The number of amides is 2. The van der Waals surface area contributed by atoms with Crippen LogP contribution in [-0.2, 0) is 26.0 Å². The first-order valence-electron chi connectivity index (χ1n) is 10.1. The van der Waals surface area contributed by atoms with Crippen LogP contribution in [0, 0.1) is 0 Å². The Morgan fingerprint density at radius 2 is 1.61 bits per heavy atom. The van der Waals surface area contributed by atoms with E-state index < -0.39 is 21.8 Å². The lowest BCUT2D eigenvalue weighted by Gasteiger charge is -2.22. The van der Waals surface area contributed by atoms with Gasteiger partial charge in [0, 0.05) is 25.7 Å². The van der Waals surface area contributed by atoms with Crippen LogP contribution >= 0.6 is 0 Å². The lowest BCUT2D eigenvalue weighted by Crippen LogP contribution is -2.45. The van der Waals surface area contributed by atoms with Crippen LogP contribution in [0.25, 0.3) is 0 Å². The van der Waals surface area contributed by atoms with E-state index in [2.05, 4.69) is 10.6 Å². The summed E-state index contributed by atoms with van der Waals surface area (Å²) in [5.74, 6) is -1.20. The fourth-order valence-electron chi connectivity index (χ4n) is 3.44. The molecule has 2 N–H and O–H groups in total. The van der Waals surface area contributed by atoms with Crippen LogP contribution in [0.3, 0.4) is 0 Å². The summed E-state index contributed by atoms with van der Waals surface area (Å²) < 4.78 is 26.4. The molecule has 0 unspecified atom stereocenters. The molecular weight excluding hydrogens is 378 g/mol. The third-order valence-electron chi connectivity index (χ3n) is 5.11. The van der Waals surface area contributed by atoms with Gasteiger partial charge in [0.15, 0.2) is 0 Å². The summed E-state index contributed by atoms with van der Waals surface area (Å²) in [6, 6.07) is 6.75. The lowest BCUT2D eigenvalue weighted by atomic mass is 9.95. The van der Waals surface area contributed by atoms with E-state index in [0.29, 0.717) is 26.1 Å². The smallest absolute Gasteiger partial charge is 0.309 e. The Balaban J connectivity index is 1.81. The molecule has 1 aliphatic rings. The fourth-order valence-corrected chi connectivity index (χ4v) is 4.90. The van der Waals surface area contributed by atoms with Gasteiger partial charge in [-0.3, -0.25) is 9.59 Å². The van der Waals surface area contributed by atoms with Crippen LogP contribution in [0.4, 0.5) is 0 Å². The minimum Gasteiger partial charge on any atom is -0.348 e. The molecule has 0 atom stereocenters. The zero-order valence-electron chi connectivity index (χ0n) is 16.7. The number of benzene rings is 1. The second-order valence-electron chi connectivity index (χ2n) is 7.05. The zero-order chi connectivity index (χ0) is 20.6. The second-order valence-corrected chi connectivity index (χ2v) is 8.99. The van der Waals surface area contributed by atoms with Gasteiger partial charge in [0.05, 0.1) is 4.90 Å². The fraction of sp³-hybridized carbons (Fsp3) is 0.600. The van der Waals surface area contributed by atoms with Gasteiger partial charge in [0.2, 0.25) is 10.0 Å². The number of hydrogen-bond acceptors (Lipinski definition) is 4. The Bertz CT molecular complexity index is 752. The average Bonchev–Trinajstić information content (AvgIpc) is 2.69. The van der Waals surface area contributed by atoms with Gasteiger partial charge in [-0.05, 0) is 37.0 Å². The van der Waals surface area contributed by atoms with E-state index in [4.69, 9.17) is 0 Å². The van der Waals surface area contributed by atoms with Crippen molar-refractivity contribution >= 4 is 21.8 Å². The van der Waals surface area contributed by atoms with Gasteiger partial charge in [-0.1, -0.05) is 45.2 Å². The van der Waals surface area contributed by atoms with Gasteiger partial charge in [-0.2, -0.15) is 4.31 Å². The molecule has 1 saturated carbocycles. The van der Waals surface area contributed by atoms with Gasteiger partial charge in [0.25, 0.3) is 0 Å². The monoisotopic (exact) mass is 409 g/mol. The van der Waals surface area contributed by atoms with Crippen molar-refractivity contribution in [3.63, 3.8) is 0 Å². The predicted octanol–water partition coefficient (Wildman–Crippen LogP) is 1.82. The first-order valence-corrected chi connectivity index (χ1v) is 11.5. The largest absolute Gasteiger partial charge is 0.348 e. The normalized spacial score (nSPS) is 15.4. The van der Waals surface area contributed by atoms with Crippen LogP contribution in [0.15, 0.2) is 29.2 Å². The number of nitrogens with zero attached hydrogens (tertiary/aromatic N) is 1. The number of rotatable bonds is 8. The predicted molar refractivity (Wildman–Crippen MR) is 108 cm³/mol. The topological polar surface area (TPSA) is 95.6 Å². The van der Waals surface area contributed by atoms with Crippen molar-refractivity contribution in [2.75, 3.05) is 19.6 Å². The van der Waals surface area contributed by atoms with Crippen LogP contribution in [0.1, 0.15) is 51.5 Å². The Kier molecular flexibility index (Phi) is 8.44. The Morgan fingerprint density at radius 3 is 2.18 bits per heavy atom. The Labute approximate surface area is 167 Å².